The highest BCUT2D eigenvalue weighted by Gasteiger charge is 2.43. The minimum atomic E-state index is -0.406. The summed E-state index contributed by atoms with van der Waals surface area (Å²) in [5, 5.41) is 10.4. The van der Waals surface area contributed by atoms with Crippen LogP contribution in [0.25, 0.3) is 5.57 Å². The number of carbonyl (C=O) groups excluding carboxylic acids is 2. The summed E-state index contributed by atoms with van der Waals surface area (Å²) in [6, 6.07) is 10.3. The minimum Gasteiger partial charge on any atom is -0.396 e. The molecule has 0 saturated carbocycles. The fourth-order valence-corrected chi connectivity index (χ4v) is 4.51. The molecule has 1 atom stereocenters. The van der Waals surface area contributed by atoms with Crippen LogP contribution in [0.15, 0.2) is 48.3 Å². The molecule has 2 aromatic rings. The molecule has 1 N–H and O–H groups in total. The SMILES string of the molecule is O=C1C(c2ccc(Cl)cc2Cl)=C(N2CCCC(CO)C2)C(=O)N1Cc1ccccn1. The molecule has 2 amide bonds. The Hall–Kier alpha value is -2.41. The minimum absolute atomic E-state index is 0.0423. The Labute approximate surface area is 184 Å². The first-order valence-corrected chi connectivity index (χ1v) is 10.6. The van der Waals surface area contributed by atoms with Crippen LogP contribution < -0.4 is 0 Å². The third-order valence-electron chi connectivity index (χ3n) is 5.48. The average Bonchev–Trinajstić information content (AvgIpc) is 2.99. The summed E-state index contributed by atoms with van der Waals surface area (Å²) in [6.45, 7) is 1.27. The first-order chi connectivity index (χ1) is 14.5. The van der Waals surface area contributed by atoms with E-state index in [0.29, 0.717) is 40.1 Å². The van der Waals surface area contributed by atoms with Crippen LogP contribution in [-0.2, 0) is 16.1 Å². The van der Waals surface area contributed by atoms with E-state index in [9.17, 15) is 14.7 Å². The topological polar surface area (TPSA) is 73.7 Å². The van der Waals surface area contributed by atoms with Crippen LogP contribution >= 0.6 is 23.2 Å². The van der Waals surface area contributed by atoms with Gasteiger partial charge in [-0.3, -0.25) is 19.5 Å². The van der Waals surface area contributed by atoms with E-state index in [2.05, 4.69) is 4.98 Å². The fourth-order valence-electron chi connectivity index (χ4n) is 4.01. The van der Waals surface area contributed by atoms with Crippen molar-refractivity contribution in [1.29, 1.82) is 0 Å². The van der Waals surface area contributed by atoms with Gasteiger partial charge < -0.3 is 10.0 Å². The maximum absolute atomic E-state index is 13.4. The molecule has 0 radical (unpaired) electrons. The second-order valence-corrected chi connectivity index (χ2v) is 8.35. The number of amides is 2. The zero-order valence-corrected chi connectivity index (χ0v) is 17.7. The summed E-state index contributed by atoms with van der Waals surface area (Å²) in [6.07, 6.45) is 3.34. The zero-order chi connectivity index (χ0) is 21.3. The summed E-state index contributed by atoms with van der Waals surface area (Å²) < 4.78 is 0. The van der Waals surface area contributed by atoms with E-state index >= 15 is 0 Å². The first-order valence-electron chi connectivity index (χ1n) is 9.81. The van der Waals surface area contributed by atoms with Gasteiger partial charge in [-0.2, -0.15) is 0 Å². The van der Waals surface area contributed by atoms with Gasteiger partial charge in [0.15, 0.2) is 0 Å². The summed E-state index contributed by atoms with van der Waals surface area (Å²) in [7, 11) is 0. The van der Waals surface area contributed by atoms with Crippen molar-refractivity contribution in [3.8, 4) is 0 Å². The maximum atomic E-state index is 13.4. The van der Waals surface area contributed by atoms with Crippen molar-refractivity contribution in [3.63, 3.8) is 0 Å². The normalized spacial score (nSPS) is 19.8. The predicted molar refractivity (Wildman–Crippen MR) is 115 cm³/mol. The number of halogens is 2. The summed E-state index contributed by atoms with van der Waals surface area (Å²) in [5.41, 5.74) is 1.70. The van der Waals surface area contributed by atoms with Crippen molar-refractivity contribution >= 4 is 40.6 Å². The summed E-state index contributed by atoms with van der Waals surface area (Å²) in [4.78, 5) is 34.2. The number of aliphatic hydroxyl groups is 1. The van der Waals surface area contributed by atoms with Crippen LogP contribution in [0.3, 0.4) is 0 Å². The smallest absolute Gasteiger partial charge is 0.278 e. The maximum Gasteiger partial charge on any atom is 0.278 e. The van der Waals surface area contributed by atoms with Gasteiger partial charge >= 0.3 is 0 Å². The summed E-state index contributed by atoms with van der Waals surface area (Å²) in [5.74, 6) is -0.720. The van der Waals surface area contributed by atoms with Gasteiger partial charge in [0.25, 0.3) is 11.8 Å². The molecular weight excluding hydrogens is 425 g/mol. The Morgan fingerprint density at radius 1 is 1.13 bits per heavy atom. The van der Waals surface area contributed by atoms with Crippen LogP contribution in [0, 0.1) is 5.92 Å². The van der Waals surface area contributed by atoms with Crippen molar-refractivity contribution in [3.05, 3.63) is 69.6 Å². The van der Waals surface area contributed by atoms with Crippen molar-refractivity contribution in [1.82, 2.24) is 14.8 Å². The molecule has 1 fully saturated rings. The van der Waals surface area contributed by atoms with Crippen molar-refractivity contribution in [2.24, 2.45) is 5.92 Å². The Balaban J connectivity index is 1.77. The van der Waals surface area contributed by atoms with Crippen LogP contribution in [-0.4, -0.2) is 51.4 Å². The molecule has 2 aliphatic rings. The average molecular weight is 446 g/mol. The zero-order valence-electron chi connectivity index (χ0n) is 16.2. The molecule has 0 bridgehead atoms. The van der Waals surface area contributed by atoms with E-state index in [4.69, 9.17) is 23.2 Å². The van der Waals surface area contributed by atoms with Gasteiger partial charge in [-0.1, -0.05) is 35.3 Å². The molecule has 2 aliphatic heterocycles. The highest BCUT2D eigenvalue weighted by atomic mass is 35.5. The van der Waals surface area contributed by atoms with Crippen molar-refractivity contribution in [2.75, 3.05) is 19.7 Å². The lowest BCUT2D eigenvalue weighted by atomic mass is 9.97. The summed E-state index contributed by atoms with van der Waals surface area (Å²) >= 11 is 12.5. The molecule has 1 unspecified atom stereocenters. The number of carbonyl (C=O) groups is 2. The van der Waals surface area contributed by atoms with Gasteiger partial charge in [0, 0.05) is 36.5 Å². The van der Waals surface area contributed by atoms with E-state index in [0.717, 1.165) is 12.8 Å². The number of pyridine rings is 1. The Kier molecular flexibility index (Phi) is 6.09. The molecule has 1 aromatic carbocycles. The quantitative estimate of drug-likeness (QED) is 0.714. The molecule has 0 aliphatic carbocycles. The van der Waals surface area contributed by atoms with Crippen LogP contribution in [0.1, 0.15) is 24.1 Å². The van der Waals surface area contributed by atoms with Gasteiger partial charge in [-0.25, -0.2) is 0 Å². The number of nitrogens with zero attached hydrogens (tertiary/aromatic N) is 3. The lowest BCUT2D eigenvalue weighted by Crippen LogP contribution is -2.40. The lowest BCUT2D eigenvalue weighted by Gasteiger charge is -2.34. The second-order valence-electron chi connectivity index (χ2n) is 7.50. The first kappa shape index (κ1) is 20.8. The largest absolute Gasteiger partial charge is 0.396 e. The number of aliphatic hydroxyl groups excluding tert-OH is 1. The molecule has 0 spiro atoms. The number of hydrogen-bond donors (Lipinski definition) is 1. The Bertz CT molecular complexity index is 1010. The third-order valence-corrected chi connectivity index (χ3v) is 6.03. The van der Waals surface area contributed by atoms with E-state index in [-0.39, 0.29) is 30.5 Å². The van der Waals surface area contributed by atoms with Crippen LogP contribution in [0.4, 0.5) is 0 Å². The second kappa shape index (κ2) is 8.76. The van der Waals surface area contributed by atoms with E-state index < -0.39 is 5.91 Å². The number of hydrogen-bond acceptors (Lipinski definition) is 5. The number of likely N-dealkylation sites (tertiary alicyclic amines) is 1. The van der Waals surface area contributed by atoms with Crippen LogP contribution in [0.5, 0.6) is 0 Å². The number of aromatic nitrogens is 1. The van der Waals surface area contributed by atoms with E-state index in [1.165, 1.54) is 4.90 Å². The Morgan fingerprint density at radius 2 is 1.97 bits per heavy atom. The molecule has 1 saturated heterocycles. The van der Waals surface area contributed by atoms with Gasteiger partial charge in [-0.05, 0) is 43.0 Å². The van der Waals surface area contributed by atoms with Crippen molar-refractivity contribution < 1.29 is 14.7 Å². The third kappa shape index (κ3) is 3.95. The van der Waals surface area contributed by atoms with Gasteiger partial charge in [0.2, 0.25) is 0 Å². The standard InChI is InChI=1S/C22H21Cl2N3O3/c23-15-6-7-17(18(24)10-15)19-20(26-9-3-4-14(11-26)13-28)22(30)27(21(19)29)12-16-5-1-2-8-25-16/h1-2,5-8,10,14,28H,3-4,9,11-13H2. The Morgan fingerprint density at radius 3 is 2.67 bits per heavy atom. The molecule has 3 heterocycles. The molecule has 156 valence electrons. The van der Waals surface area contributed by atoms with Crippen molar-refractivity contribution in [2.45, 2.75) is 19.4 Å². The van der Waals surface area contributed by atoms with E-state index in [1.54, 1.807) is 36.5 Å². The highest BCUT2D eigenvalue weighted by molar-refractivity contribution is 6.41. The fraction of sp³-hybridized carbons (Fsp3) is 0.318. The molecule has 30 heavy (non-hydrogen) atoms. The lowest BCUT2D eigenvalue weighted by molar-refractivity contribution is -0.138. The number of benzene rings is 1. The molecule has 4 rings (SSSR count). The number of rotatable bonds is 5. The van der Waals surface area contributed by atoms with Gasteiger partial charge in [0.1, 0.15) is 5.70 Å². The van der Waals surface area contributed by atoms with Gasteiger partial charge in [0.05, 0.1) is 22.8 Å². The number of imide groups is 1. The number of piperidine rings is 1. The molecule has 6 nitrogen and oxygen atoms in total. The molecule has 1 aromatic heterocycles. The monoisotopic (exact) mass is 445 g/mol. The van der Waals surface area contributed by atoms with Gasteiger partial charge in [-0.15, -0.1) is 0 Å². The molecular formula is C22H21Cl2N3O3. The predicted octanol–water partition coefficient (Wildman–Crippen LogP) is 3.37. The van der Waals surface area contributed by atoms with Crippen LogP contribution in [0.2, 0.25) is 10.0 Å². The van der Waals surface area contributed by atoms with E-state index in [1.807, 2.05) is 11.0 Å². The molecule has 8 heteroatoms. The highest BCUT2D eigenvalue weighted by Crippen LogP contribution is 2.38.